The third-order valence-corrected chi connectivity index (χ3v) is 6.59. The molecule has 1 aliphatic carbocycles. The van der Waals surface area contributed by atoms with Crippen molar-refractivity contribution in [2.75, 3.05) is 26.1 Å². The zero-order valence-electron chi connectivity index (χ0n) is 23.0. The summed E-state index contributed by atoms with van der Waals surface area (Å²) < 4.78 is 16.8. The number of methoxy groups -OCH3 is 1. The van der Waals surface area contributed by atoms with Crippen LogP contribution in [0.15, 0.2) is 66.7 Å². The minimum absolute atomic E-state index is 0.281. The fraction of sp³-hybridized carbons (Fsp3) is 0.355. The second-order valence-corrected chi connectivity index (χ2v) is 10.9. The van der Waals surface area contributed by atoms with Crippen LogP contribution in [0.2, 0.25) is 0 Å². The highest BCUT2D eigenvalue weighted by Gasteiger charge is 2.44. The number of carbonyl (C=O) groups excluding carboxylic acids is 2. The summed E-state index contributed by atoms with van der Waals surface area (Å²) >= 11 is 0. The second-order valence-electron chi connectivity index (χ2n) is 10.9. The Morgan fingerprint density at radius 3 is 2.26 bits per heavy atom. The number of hydrogen-bond donors (Lipinski definition) is 1. The maximum absolute atomic E-state index is 12.9. The van der Waals surface area contributed by atoms with Crippen LogP contribution in [-0.4, -0.2) is 44.4 Å². The maximum Gasteiger partial charge on any atom is 0.408 e. The first-order valence-electron chi connectivity index (χ1n) is 12.8. The molecule has 7 heteroatoms. The van der Waals surface area contributed by atoms with Crippen molar-refractivity contribution < 1.29 is 23.8 Å². The second kappa shape index (κ2) is 10.8. The van der Waals surface area contributed by atoms with Gasteiger partial charge in [0.05, 0.1) is 7.11 Å². The van der Waals surface area contributed by atoms with Crippen molar-refractivity contribution in [3.05, 3.63) is 77.9 Å². The van der Waals surface area contributed by atoms with E-state index in [0.717, 1.165) is 27.9 Å². The number of aryl methyl sites for hydroxylation is 1. The summed E-state index contributed by atoms with van der Waals surface area (Å²) in [6.07, 6.45) is 0.665. The first kappa shape index (κ1) is 27.0. The van der Waals surface area contributed by atoms with Gasteiger partial charge in [-0.2, -0.15) is 0 Å². The highest BCUT2D eigenvalue weighted by atomic mass is 16.6. The summed E-state index contributed by atoms with van der Waals surface area (Å²) in [5.74, 6) is 0.871. The van der Waals surface area contributed by atoms with Gasteiger partial charge in [-0.05, 0) is 92.3 Å². The quantitative estimate of drug-likeness (QED) is 0.397. The molecule has 1 aliphatic rings. The van der Waals surface area contributed by atoms with E-state index in [9.17, 15) is 9.59 Å². The summed E-state index contributed by atoms with van der Waals surface area (Å²) in [7, 11) is 5.37. The van der Waals surface area contributed by atoms with Gasteiger partial charge in [0.1, 0.15) is 22.6 Å². The number of fused-ring (bicyclic) bond motifs is 1. The SMILES string of the molecule is COC(=O)C1(NC(=O)OC(C)(C)C)CCc2ccc(Oc3cccc(-c4ccc(N(C)C)cc4)c3)cc2C1. The highest BCUT2D eigenvalue weighted by Crippen LogP contribution is 2.35. The Labute approximate surface area is 224 Å². The van der Waals surface area contributed by atoms with E-state index in [2.05, 4.69) is 40.5 Å². The van der Waals surface area contributed by atoms with Crippen molar-refractivity contribution in [3.8, 4) is 22.6 Å². The van der Waals surface area contributed by atoms with Crippen LogP contribution in [-0.2, 0) is 27.1 Å². The molecular formula is C31H36N2O5. The predicted molar refractivity (Wildman–Crippen MR) is 149 cm³/mol. The average Bonchev–Trinajstić information content (AvgIpc) is 2.87. The summed E-state index contributed by atoms with van der Waals surface area (Å²) in [6.45, 7) is 5.35. The summed E-state index contributed by atoms with van der Waals surface area (Å²) in [5, 5.41) is 2.81. The average molecular weight is 517 g/mol. The predicted octanol–water partition coefficient (Wildman–Crippen LogP) is 6.14. The molecule has 200 valence electrons. The van der Waals surface area contributed by atoms with Gasteiger partial charge in [-0.3, -0.25) is 0 Å². The summed E-state index contributed by atoms with van der Waals surface area (Å²) in [6, 6.07) is 22.2. The van der Waals surface area contributed by atoms with Crippen molar-refractivity contribution in [1.29, 1.82) is 0 Å². The number of benzene rings is 3. The molecule has 7 nitrogen and oxygen atoms in total. The number of alkyl carbamates (subject to hydrolysis) is 1. The maximum atomic E-state index is 12.9. The fourth-order valence-electron chi connectivity index (χ4n) is 4.69. The molecule has 1 amide bonds. The number of nitrogens with zero attached hydrogens (tertiary/aromatic N) is 1. The fourth-order valence-corrected chi connectivity index (χ4v) is 4.69. The molecular weight excluding hydrogens is 480 g/mol. The van der Waals surface area contributed by atoms with Gasteiger partial charge in [-0.1, -0.05) is 30.3 Å². The van der Waals surface area contributed by atoms with Crippen molar-refractivity contribution in [2.45, 2.75) is 51.2 Å². The Bertz CT molecular complexity index is 1310. The molecule has 0 fully saturated rings. The molecule has 0 aliphatic heterocycles. The van der Waals surface area contributed by atoms with Crippen LogP contribution in [0.3, 0.4) is 0 Å². The molecule has 38 heavy (non-hydrogen) atoms. The van der Waals surface area contributed by atoms with E-state index in [1.807, 2.05) is 50.5 Å². The van der Waals surface area contributed by atoms with Gasteiger partial charge in [0.15, 0.2) is 0 Å². The smallest absolute Gasteiger partial charge is 0.408 e. The van der Waals surface area contributed by atoms with Gasteiger partial charge in [-0.25, -0.2) is 9.59 Å². The zero-order valence-corrected chi connectivity index (χ0v) is 23.0. The van der Waals surface area contributed by atoms with Crippen molar-refractivity contribution in [2.24, 2.45) is 0 Å². The van der Waals surface area contributed by atoms with E-state index in [1.54, 1.807) is 20.8 Å². The third kappa shape index (κ3) is 6.28. The van der Waals surface area contributed by atoms with Crippen molar-refractivity contribution >= 4 is 17.7 Å². The number of hydrogen-bond acceptors (Lipinski definition) is 6. The van der Waals surface area contributed by atoms with Crippen LogP contribution < -0.4 is 15.0 Å². The Balaban J connectivity index is 1.55. The van der Waals surface area contributed by atoms with Crippen LogP contribution in [0, 0.1) is 0 Å². The lowest BCUT2D eigenvalue weighted by molar-refractivity contribution is -0.149. The minimum Gasteiger partial charge on any atom is -0.467 e. The standard InChI is InChI=1S/C31H36N2O5/c1-30(2,3)38-29(35)32-31(28(34)36-6)17-16-22-12-15-27(19-24(22)20-31)37-26-9-7-8-23(18-26)21-10-13-25(14-11-21)33(4)5/h7-15,18-19H,16-17,20H2,1-6H3,(H,32,35). The molecule has 0 heterocycles. The Kier molecular flexibility index (Phi) is 7.67. The van der Waals surface area contributed by atoms with Crippen LogP contribution in [0.25, 0.3) is 11.1 Å². The number of ether oxygens (including phenoxy) is 3. The lowest BCUT2D eigenvalue weighted by Crippen LogP contribution is -2.59. The molecule has 0 spiro atoms. The molecule has 1 atom stereocenters. The molecule has 1 unspecified atom stereocenters. The molecule has 4 rings (SSSR count). The minimum atomic E-state index is -1.21. The van der Waals surface area contributed by atoms with E-state index >= 15 is 0 Å². The summed E-state index contributed by atoms with van der Waals surface area (Å²) in [5.41, 5.74) is 3.43. The number of esters is 1. The van der Waals surface area contributed by atoms with E-state index < -0.39 is 23.2 Å². The molecule has 3 aromatic rings. The molecule has 1 N–H and O–H groups in total. The van der Waals surface area contributed by atoms with Crippen LogP contribution in [0.5, 0.6) is 11.5 Å². The lowest BCUT2D eigenvalue weighted by atomic mass is 9.78. The van der Waals surface area contributed by atoms with Gasteiger partial charge in [0.2, 0.25) is 0 Å². The topological polar surface area (TPSA) is 77.1 Å². The first-order chi connectivity index (χ1) is 18.0. The normalized spacial score (nSPS) is 16.7. The Morgan fingerprint density at radius 2 is 1.61 bits per heavy atom. The molecule has 3 aromatic carbocycles. The van der Waals surface area contributed by atoms with Gasteiger partial charge in [0.25, 0.3) is 0 Å². The molecule has 0 aromatic heterocycles. The molecule has 0 saturated carbocycles. The number of rotatable bonds is 6. The van der Waals surface area contributed by atoms with Crippen LogP contribution in [0.4, 0.5) is 10.5 Å². The number of carbonyl (C=O) groups is 2. The Hall–Kier alpha value is -4.00. The van der Waals surface area contributed by atoms with Crippen molar-refractivity contribution in [1.82, 2.24) is 5.32 Å². The van der Waals surface area contributed by atoms with Crippen molar-refractivity contribution in [3.63, 3.8) is 0 Å². The summed E-state index contributed by atoms with van der Waals surface area (Å²) in [4.78, 5) is 27.6. The van der Waals surface area contributed by atoms with Gasteiger partial charge >= 0.3 is 12.1 Å². The van der Waals surface area contributed by atoms with E-state index in [1.165, 1.54) is 7.11 Å². The van der Waals surface area contributed by atoms with E-state index in [4.69, 9.17) is 14.2 Å². The number of anilines is 1. The van der Waals surface area contributed by atoms with Gasteiger partial charge < -0.3 is 24.4 Å². The first-order valence-corrected chi connectivity index (χ1v) is 12.8. The molecule has 0 radical (unpaired) electrons. The number of nitrogens with one attached hydrogen (secondary N) is 1. The molecule has 0 saturated heterocycles. The van der Waals surface area contributed by atoms with E-state index in [0.29, 0.717) is 24.3 Å². The lowest BCUT2D eigenvalue weighted by Gasteiger charge is -2.36. The monoisotopic (exact) mass is 516 g/mol. The Morgan fingerprint density at radius 1 is 0.895 bits per heavy atom. The van der Waals surface area contributed by atoms with Crippen LogP contribution >= 0.6 is 0 Å². The van der Waals surface area contributed by atoms with Gasteiger partial charge in [0, 0.05) is 26.2 Å². The largest absolute Gasteiger partial charge is 0.467 e. The van der Waals surface area contributed by atoms with E-state index in [-0.39, 0.29) is 6.42 Å². The highest BCUT2D eigenvalue weighted by molar-refractivity contribution is 5.86. The number of amides is 1. The van der Waals surface area contributed by atoms with Gasteiger partial charge in [-0.15, -0.1) is 0 Å². The van der Waals surface area contributed by atoms with Crippen LogP contribution in [0.1, 0.15) is 38.3 Å². The zero-order chi connectivity index (χ0) is 27.5. The molecule has 0 bridgehead atoms. The third-order valence-electron chi connectivity index (χ3n) is 6.59.